The van der Waals surface area contributed by atoms with E-state index < -0.39 is 23.8 Å². The van der Waals surface area contributed by atoms with E-state index in [4.69, 9.17) is 4.74 Å². The molecule has 6 nitrogen and oxygen atoms in total. The van der Waals surface area contributed by atoms with Crippen molar-refractivity contribution in [3.63, 3.8) is 0 Å². The Hall–Kier alpha value is -1.89. The van der Waals surface area contributed by atoms with Crippen molar-refractivity contribution in [1.82, 2.24) is 0 Å². The number of aliphatic hydroxyl groups excluding tert-OH is 3. The summed E-state index contributed by atoms with van der Waals surface area (Å²) in [5.74, 6) is -0.613. The summed E-state index contributed by atoms with van der Waals surface area (Å²) in [6.07, 6.45) is 8.25. The summed E-state index contributed by atoms with van der Waals surface area (Å²) in [6.45, 7) is 4.81. The van der Waals surface area contributed by atoms with Gasteiger partial charge in [-0.25, -0.2) is 0 Å². The first kappa shape index (κ1) is 22.2. The number of esters is 1. The van der Waals surface area contributed by atoms with Gasteiger partial charge >= 0.3 is 5.97 Å². The molecule has 3 atom stereocenters. The topological polar surface area (TPSA) is 107 Å². The van der Waals surface area contributed by atoms with Crippen LogP contribution in [0.15, 0.2) is 47.8 Å². The van der Waals surface area contributed by atoms with E-state index in [1.165, 1.54) is 26.0 Å². The maximum atomic E-state index is 12.1. The Morgan fingerprint density at radius 1 is 1.15 bits per heavy atom. The van der Waals surface area contributed by atoms with Gasteiger partial charge in [-0.3, -0.25) is 4.79 Å². The number of hydrogen-bond acceptors (Lipinski definition) is 6. The van der Waals surface area contributed by atoms with Crippen molar-refractivity contribution in [2.75, 3.05) is 0 Å². The van der Waals surface area contributed by atoms with Gasteiger partial charge in [-0.1, -0.05) is 24.3 Å². The molecule has 1 aliphatic heterocycles. The minimum Gasteiger partial charge on any atom is -0.508 e. The smallest absolute Gasteiger partial charge is 0.310 e. The van der Waals surface area contributed by atoms with Crippen LogP contribution in [0.1, 0.15) is 46.5 Å². The summed E-state index contributed by atoms with van der Waals surface area (Å²) < 4.78 is 5.33. The zero-order valence-electron chi connectivity index (χ0n) is 15.6. The third-order valence-electron chi connectivity index (χ3n) is 3.68. The van der Waals surface area contributed by atoms with E-state index in [1.807, 2.05) is 6.08 Å². The minimum atomic E-state index is -1.20. The van der Waals surface area contributed by atoms with E-state index in [9.17, 15) is 25.2 Å². The minimum absolute atomic E-state index is 0.0625. The third-order valence-corrected chi connectivity index (χ3v) is 3.68. The average molecular weight is 366 g/mol. The van der Waals surface area contributed by atoms with E-state index in [2.05, 4.69) is 0 Å². The summed E-state index contributed by atoms with van der Waals surface area (Å²) >= 11 is 0. The second-order valence-corrected chi connectivity index (χ2v) is 7.13. The van der Waals surface area contributed by atoms with E-state index >= 15 is 0 Å². The maximum absolute atomic E-state index is 12.1. The molecule has 4 N–H and O–H groups in total. The average Bonchev–Trinajstić information content (AvgIpc) is 2.48. The predicted octanol–water partition coefficient (Wildman–Crippen LogP) is 2.47. The molecule has 6 heteroatoms. The molecule has 1 rings (SSSR count). The summed E-state index contributed by atoms with van der Waals surface area (Å²) in [4.78, 5) is 12.1. The number of cyclic esters (lactones) is 1. The van der Waals surface area contributed by atoms with Gasteiger partial charge in [0, 0.05) is 6.42 Å². The van der Waals surface area contributed by atoms with Crippen LogP contribution in [0.5, 0.6) is 0 Å². The number of aliphatic hydroxyl groups is 4. The summed E-state index contributed by atoms with van der Waals surface area (Å²) in [5.41, 5.74) is -0.733. The van der Waals surface area contributed by atoms with Crippen LogP contribution in [0, 0.1) is 0 Å². The molecule has 1 aliphatic rings. The SMILES string of the molecule is C[C@H]1C/C=C\C[C@@H](O)[C@@H](O)C/C=C/C(=C/C(O)=C\C(C)(C)O)CC(=O)O1. The molecule has 0 aliphatic carbocycles. The van der Waals surface area contributed by atoms with Crippen molar-refractivity contribution in [2.24, 2.45) is 0 Å². The number of rotatable bonds is 2. The molecular formula is C20H30O6. The lowest BCUT2D eigenvalue weighted by molar-refractivity contribution is -0.147. The lowest BCUT2D eigenvalue weighted by Gasteiger charge is -2.16. The van der Waals surface area contributed by atoms with Crippen LogP contribution in [-0.4, -0.2) is 50.3 Å². The fourth-order valence-corrected chi connectivity index (χ4v) is 2.43. The first-order chi connectivity index (χ1) is 12.1. The molecule has 0 aromatic carbocycles. The molecule has 146 valence electrons. The Labute approximate surface area is 154 Å². The van der Waals surface area contributed by atoms with E-state index in [0.29, 0.717) is 18.4 Å². The molecule has 0 amide bonds. The first-order valence-corrected chi connectivity index (χ1v) is 8.78. The van der Waals surface area contributed by atoms with Gasteiger partial charge < -0.3 is 25.2 Å². The normalized spacial score (nSPS) is 31.2. The zero-order valence-corrected chi connectivity index (χ0v) is 15.6. The molecule has 0 saturated heterocycles. The van der Waals surface area contributed by atoms with Gasteiger partial charge in [-0.05, 0) is 51.3 Å². The number of hydrogen-bond donors (Lipinski definition) is 4. The molecule has 0 bridgehead atoms. The van der Waals surface area contributed by atoms with E-state index in [1.54, 1.807) is 25.2 Å². The predicted molar refractivity (Wildman–Crippen MR) is 99.4 cm³/mol. The Bertz CT molecular complexity index is 580. The number of carbonyl (C=O) groups excluding carboxylic acids is 1. The van der Waals surface area contributed by atoms with Crippen LogP contribution >= 0.6 is 0 Å². The molecule has 0 saturated carbocycles. The molecule has 0 fully saturated rings. The van der Waals surface area contributed by atoms with Gasteiger partial charge in [0.05, 0.1) is 24.2 Å². The van der Waals surface area contributed by atoms with Crippen molar-refractivity contribution in [3.8, 4) is 0 Å². The van der Waals surface area contributed by atoms with E-state index in [0.717, 1.165) is 0 Å². The maximum Gasteiger partial charge on any atom is 0.310 e. The van der Waals surface area contributed by atoms with Crippen molar-refractivity contribution < 1.29 is 30.0 Å². The Balaban J connectivity index is 3.03. The molecule has 1 heterocycles. The Morgan fingerprint density at radius 2 is 1.73 bits per heavy atom. The number of carbonyl (C=O) groups is 1. The Kier molecular flexibility index (Phi) is 8.78. The van der Waals surface area contributed by atoms with Gasteiger partial charge in [0.15, 0.2) is 0 Å². The summed E-state index contributed by atoms with van der Waals surface area (Å²) in [5, 5.41) is 39.6. The molecular weight excluding hydrogens is 336 g/mol. The van der Waals surface area contributed by atoms with Crippen molar-refractivity contribution in [1.29, 1.82) is 0 Å². The zero-order chi connectivity index (χ0) is 19.7. The highest BCUT2D eigenvalue weighted by molar-refractivity contribution is 5.73. The highest BCUT2D eigenvalue weighted by atomic mass is 16.5. The van der Waals surface area contributed by atoms with Gasteiger partial charge in [0.1, 0.15) is 11.9 Å². The monoisotopic (exact) mass is 366 g/mol. The van der Waals surface area contributed by atoms with Crippen LogP contribution in [0.3, 0.4) is 0 Å². The molecule has 0 aromatic rings. The van der Waals surface area contributed by atoms with Gasteiger partial charge in [0.25, 0.3) is 0 Å². The van der Waals surface area contributed by atoms with Gasteiger partial charge in [0.2, 0.25) is 0 Å². The second kappa shape index (κ2) is 10.3. The largest absolute Gasteiger partial charge is 0.508 e. The number of allylic oxidation sites excluding steroid dienone is 2. The van der Waals surface area contributed by atoms with Crippen LogP contribution in [0.25, 0.3) is 0 Å². The summed E-state index contributed by atoms with van der Waals surface area (Å²) in [7, 11) is 0. The lowest BCUT2D eigenvalue weighted by atomic mass is 10.0. The molecule has 0 radical (unpaired) electrons. The van der Waals surface area contributed by atoms with Gasteiger partial charge in [-0.15, -0.1) is 0 Å². The van der Waals surface area contributed by atoms with Gasteiger partial charge in [-0.2, -0.15) is 0 Å². The van der Waals surface area contributed by atoms with Crippen LogP contribution < -0.4 is 0 Å². The molecule has 0 spiro atoms. The fraction of sp³-hybridized carbons (Fsp3) is 0.550. The molecule has 26 heavy (non-hydrogen) atoms. The number of ether oxygens (including phenoxy) is 1. The highest BCUT2D eigenvalue weighted by Gasteiger charge is 2.15. The van der Waals surface area contributed by atoms with Crippen molar-refractivity contribution >= 4 is 5.97 Å². The molecule has 0 aromatic heterocycles. The quantitative estimate of drug-likeness (QED) is 0.340. The standard InChI is InChI=1S/C20H30O6/c1-14-7-4-5-9-17(22)18(23)10-6-8-15(12-19(24)26-14)11-16(21)13-20(2,3)25/h4-6,8,11,13-14,17-18,21-23,25H,7,9-10,12H2,1-3H3/b5-4-,8-6+,15-11-,16-13+/t14-,17+,18-/m0/s1. The second-order valence-electron chi connectivity index (χ2n) is 7.13. The fourth-order valence-electron chi connectivity index (χ4n) is 2.43. The first-order valence-electron chi connectivity index (χ1n) is 8.78. The lowest BCUT2D eigenvalue weighted by Crippen LogP contribution is -2.24. The summed E-state index contributed by atoms with van der Waals surface area (Å²) in [6, 6.07) is 0. The highest BCUT2D eigenvalue weighted by Crippen LogP contribution is 2.15. The third kappa shape index (κ3) is 9.56. The Morgan fingerprint density at radius 3 is 2.35 bits per heavy atom. The van der Waals surface area contributed by atoms with Crippen LogP contribution in [0.4, 0.5) is 0 Å². The van der Waals surface area contributed by atoms with Crippen LogP contribution in [0.2, 0.25) is 0 Å². The van der Waals surface area contributed by atoms with Crippen molar-refractivity contribution in [3.05, 3.63) is 47.8 Å². The molecule has 0 unspecified atom stereocenters. The van der Waals surface area contributed by atoms with E-state index in [-0.39, 0.29) is 24.7 Å². The van der Waals surface area contributed by atoms with Crippen molar-refractivity contribution in [2.45, 2.75) is 70.4 Å². The van der Waals surface area contributed by atoms with Crippen LogP contribution in [-0.2, 0) is 9.53 Å².